The van der Waals surface area contributed by atoms with E-state index in [9.17, 15) is 4.79 Å². The smallest absolute Gasteiger partial charge is 0.243 e. The van der Waals surface area contributed by atoms with Crippen LogP contribution < -0.4 is 20.4 Å². The van der Waals surface area contributed by atoms with Gasteiger partial charge < -0.3 is 25.3 Å². The van der Waals surface area contributed by atoms with Crippen molar-refractivity contribution in [3.63, 3.8) is 0 Å². The van der Waals surface area contributed by atoms with Gasteiger partial charge in [-0.05, 0) is 32.0 Å². The molecule has 174 valence electrons. The molecule has 0 bridgehead atoms. The summed E-state index contributed by atoms with van der Waals surface area (Å²) >= 11 is 0. The molecule has 6 rings (SSSR count). The Kier molecular flexibility index (Phi) is 5.09. The molecule has 33 heavy (non-hydrogen) atoms. The highest BCUT2D eigenvalue weighted by Crippen LogP contribution is 2.44. The molecule has 4 aliphatic rings. The molecule has 1 atom stereocenters. The number of amides is 1. The number of piperazine rings is 2. The van der Waals surface area contributed by atoms with Gasteiger partial charge in [-0.3, -0.25) is 4.79 Å². The number of hydrogen-bond acceptors (Lipinski definition) is 8. The van der Waals surface area contributed by atoms with Crippen molar-refractivity contribution in [2.75, 3.05) is 54.9 Å². The maximum Gasteiger partial charge on any atom is 0.243 e. The largest absolute Gasteiger partial charge is 0.368 e. The topological polar surface area (TPSA) is 89.5 Å². The van der Waals surface area contributed by atoms with Crippen molar-refractivity contribution in [3.8, 4) is 0 Å². The van der Waals surface area contributed by atoms with Crippen LogP contribution in [-0.2, 0) is 11.2 Å². The van der Waals surface area contributed by atoms with Crippen molar-refractivity contribution in [2.24, 2.45) is 0 Å². The minimum absolute atomic E-state index is 0.0177. The van der Waals surface area contributed by atoms with Crippen LogP contribution >= 0.6 is 0 Å². The van der Waals surface area contributed by atoms with E-state index in [0.717, 1.165) is 61.9 Å². The Morgan fingerprint density at radius 3 is 2.64 bits per heavy atom. The average Bonchev–Trinajstić information content (AvgIpc) is 3.24. The fourth-order valence-electron chi connectivity index (χ4n) is 5.93. The van der Waals surface area contributed by atoms with Crippen molar-refractivity contribution in [1.82, 2.24) is 25.2 Å². The molecule has 2 aromatic heterocycles. The van der Waals surface area contributed by atoms with Crippen molar-refractivity contribution in [3.05, 3.63) is 30.1 Å². The van der Waals surface area contributed by atoms with Crippen LogP contribution in [0.25, 0.3) is 0 Å². The van der Waals surface area contributed by atoms with Crippen LogP contribution in [0.2, 0.25) is 0 Å². The van der Waals surface area contributed by atoms with Gasteiger partial charge in [-0.15, -0.1) is 0 Å². The van der Waals surface area contributed by atoms with Crippen molar-refractivity contribution in [1.29, 1.82) is 0 Å². The highest BCUT2D eigenvalue weighted by atomic mass is 16.2. The molecule has 3 aliphatic heterocycles. The van der Waals surface area contributed by atoms with Gasteiger partial charge in [-0.25, -0.2) is 9.97 Å². The van der Waals surface area contributed by atoms with Gasteiger partial charge in [0.15, 0.2) is 0 Å². The van der Waals surface area contributed by atoms with E-state index < -0.39 is 0 Å². The Bertz CT molecular complexity index is 1030. The third kappa shape index (κ3) is 3.68. The lowest BCUT2D eigenvalue weighted by Crippen LogP contribution is -2.67. The maximum atomic E-state index is 12.7. The zero-order valence-electron chi connectivity index (χ0n) is 19.3. The number of carbonyl (C=O) groups excluding carboxylic acids is 1. The molecule has 0 aromatic carbocycles. The number of rotatable bonds is 3. The highest BCUT2D eigenvalue weighted by Gasteiger charge is 2.51. The highest BCUT2D eigenvalue weighted by molar-refractivity contribution is 5.90. The second-order valence-electron chi connectivity index (χ2n) is 9.95. The van der Waals surface area contributed by atoms with Gasteiger partial charge >= 0.3 is 0 Å². The normalized spacial score (nSPS) is 24.4. The van der Waals surface area contributed by atoms with E-state index in [1.807, 2.05) is 18.5 Å². The third-order valence-corrected chi connectivity index (χ3v) is 7.84. The lowest BCUT2D eigenvalue weighted by atomic mass is 9.78. The number of pyridine rings is 1. The fourth-order valence-corrected chi connectivity index (χ4v) is 5.93. The number of nitrogens with one attached hydrogen (secondary N) is 2. The second-order valence-corrected chi connectivity index (χ2v) is 9.95. The predicted octanol–water partition coefficient (Wildman–Crippen LogP) is 1.93. The van der Waals surface area contributed by atoms with E-state index in [1.54, 1.807) is 0 Å². The summed E-state index contributed by atoms with van der Waals surface area (Å²) in [5.41, 5.74) is 2.19. The van der Waals surface area contributed by atoms with Gasteiger partial charge in [0.25, 0.3) is 0 Å². The van der Waals surface area contributed by atoms with Crippen LogP contribution in [0.4, 0.5) is 23.3 Å². The summed E-state index contributed by atoms with van der Waals surface area (Å²) in [5, 5.41) is 6.46. The number of anilines is 4. The molecule has 1 amide bonds. The molecule has 2 aromatic rings. The minimum atomic E-state index is -0.169. The SMILES string of the molecule is CN1CCN(c2ccc(Nc3ncc4c(n3)N3C(C4)C(=O)NCC34CCCCC4)nc2)CC1. The van der Waals surface area contributed by atoms with E-state index in [2.05, 4.69) is 48.4 Å². The quantitative estimate of drug-likeness (QED) is 0.736. The number of fused-ring (bicyclic) bond motifs is 4. The van der Waals surface area contributed by atoms with E-state index in [4.69, 9.17) is 4.98 Å². The Morgan fingerprint density at radius 2 is 1.88 bits per heavy atom. The first-order valence-corrected chi connectivity index (χ1v) is 12.2. The van der Waals surface area contributed by atoms with Crippen LogP contribution in [0, 0.1) is 0 Å². The average molecular weight is 449 g/mol. The molecule has 1 saturated carbocycles. The van der Waals surface area contributed by atoms with Crippen molar-refractivity contribution in [2.45, 2.75) is 50.1 Å². The first-order chi connectivity index (χ1) is 16.1. The molecule has 5 heterocycles. The molecule has 2 N–H and O–H groups in total. The maximum absolute atomic E-state index is 12.7. The number of likely N-dealkylation sites (N-methyl/N-ethyl adjacent to an activating group) is 1. The number of carbonyl (C=O) groups is 1. The summed E-state index contributed by atoms with van der Waals surface area (Å²) in [5.74, 6) is 2.29. The van der Waals surface area contributed by atoms with E-state index in [0.29, 0.717) is 18.9 Å². The zero-order valence-corrected chi connectivity index (χ0v) is 19.3. The first kappa shape index (κ1) is 20.7. The third-order valence-electron chi connectivity index (χ3n) is 7.84. The van der Waals surface area contributed by atoms with E-state index >= 15 is 0 Å². The van der Waals surface area contributed by atoms with Crippen LogP contribution in [-0.4, -0.2) is 77.1 Å². The van der Waals surface area contributed by atoms with Gasteiger partial charge in [0.1, 0.15) is 17.7 Å². The number of hydrogen-bond donors (Lipinski definition) is 2. The predicted molar refractivity (Wildman–Crippen MR) is 128 cm³/mol. The standard InChI is InChI=1S/C24H32N8O/c1-30-9-11-31(12-10-30)18-5-6-20(25-15-18)28-23-26-14-17-13-19-22(33)27-16-24(7-3-2-4-8-24)32(19)21(17)29-23/h5-6,14-15,19H,2-4,7-13,16H2,1H3,(H,27,33)(H,25,26,28,29). The molecular weight excluding hydrogens is 416 g/mol. The summed E-state index contributed by atoms with van der Waals surface area (Å²) in [6, 6.07) is 3.93. The second kappa shape index (κ2) is 8.13. The van der Waals surface area contributed by atoms with Crippen molar-refractivity contribution < 1.29 is 4.79 Å². The summed E-state index contributed by atoms with van der Waals surface area (Å²) in [6.07, 6.45) is 10.4. The van der Waals surface area contributed by atoms with Crippen LogP contribution in [0.1, 0.15) is 37.7 Å². The summed E-state index contributed by atoms with van der Waals surface area (Å²) in [6.45, 7) is 4.89. The van der Waals surface area contributed by atoms with Crippen LogP contribution in [0.5, 0.6) is 0 Å². The first-order valence-electron chi connectivity index (χ1n) is 12.2. The molecule has 9 nitrogen and oxygen atoms in total. The minimum Gasteiger partial charge on any atom is -0.368 e. The van der Waals surface area contributed by atoms with Crippen molar-refractivity contribution >= 4 is 29.2 Å². The van der Waals surface area contributed by atoms with E-state index in [-0.39, 0.29) is 17.5 Å². The molecule has 9 heteroatoms. The molecule has 0 radical (unpaired) electrons. The molecule has 1 unspecified atom stereocenters. The summed E-state index contributed by atoms with van der Waals surface area (Å²) < 4.78 is 0. The van der Waals surface area contributed by atoms with Crippen LogP contribution in [0.15, 0.2) is 24.5 Å². The summed E-state index contributed by atoms with van der Waals surface area (Å²) in [4.78, 5) is 33.8. The molecule has 2 saturated heterocycles. The van der Waals surface area contributed by atoms with Gasteiger partial charge in [0.05, 0.1) is 17.4 Å². The number of aromatic nitrogens is 3. The van der Waals surface area contributed by atoms with Crippen LogP contribution in [0.3, 0.4) is 0 Å². The molecule has 3 fully saturated rings. The lowest BCUT2D eigenvalue weighted by molar-refractivity contribution is -0.124. The lowest BCUT2D eigenvalue weighted by Gasteiger charge is -2.51. The zero-order chi connectivity index (χ0) is 22.4. The van der Waals surface area contributed by atoms with Gasteiger partial charge in [0.2, 0.25) is 11.9 Å². The Labute approximate surface area is 194 Å². The monoisotopic (exact) mass is 448 g/mol. The fraction of sp³-hybridized carbons (Fsp3) is 0.583. The van der Waals surface area contributed by atoms with Gasteiger partial charge in [0, 0.05) is 50.9 Å². The van der Waals surface area contributed by atoms with Gasteiger partial charge in [-0.2, -0.15) is 4.98 Å². The van der Waals surface area contributed by atoms with Gasteiger partial charge in [-0.1, -0.05) is 19.3 Å². The Balaban J connectivity index is 1.23. The molecule has 1 spiro atoms. The number of nitrogens with zero attached hydrogens (tertiary/aromatic N) is 6. The summed E-state index contributed by atoms with van der Waals surface area (Å²) in [7, 11) is 2.16. The Hall–Kier alpha value is -2.94. The molecular formula is C24H32N8O. The van der Waals surface area contributed by atoms with E-state index in [1.165, 1.54) is 19.3 Å². The Morgan fingerprint density at radius 1 is 1.06 bits per heavy atom. The molecule has 1 aliphatic carbocycles.